The van der Waals surface area contributed by atoms with Crippen LogP contribution in [0.25, 0.3) is 0 Å². The van der Waals surface area contributed by atoms with E-state index < -0.39 is 0 Å². The Kier molecular flexibility index (Phi) is 5.80. The second-order valence-electron chi connectivity index (χ2n) is 8.99. The third-order valence-corrected chi connectivity index (χ3v) is 7.07. The molecule has 0 unspecified atom stereocenters. The summed E-state index contributed by atoms with van der Waals surface area (Å²) in [6.45, 7) is 2.30. The molecule has 5 rings (SSSR count). The van der Waals surface area contributed by atoms with Gasteiger partial charge in [0.2, 0.25) is 0 Å². The molecule has 1 saturated carbocycles. The number of carbonyl (C=O) groups excluding carboxylic acids is 1. The molecule has 2 aromatic heterocycles. The molecule has 1 amide bonds. The van der Waals surface area contributed by atoms with Crippen molar-refractivity contribution < 1.29 is 4.79 Å². The Morgan fingerprint density at radius 2 is 1.87 bits per heavy atom. The summed E-state index contributed by atoms with van der Waals surface area (Å²) in [5.41, 5.74) is 2.01. The molecule has 1 atom stereocenters. The first-order valence-electron chi connectivity index (χ1n) is 11.6. The molecule has 0 aromatic carbocycles. The highest BCUT2D eigenvalue weighted by atomic mass is 16.2. The molecule has 8 nitrogen and oxygen atoms in total. The molecule has 0 radical (unpaired) electrons. The van der Waals surface area contributed by atoms with Gasteiger partial charge in [0.25, 0.3) is 11.5 Å². The van der Waals surface area contributed by atoms with Gasteiger partial charge in [-0.25, -0.2) is 9.97 Å². The quantitative estimate of drug-likeness (QED) is 0.817. The number of nitrogens with one attached hydrogen (secondary N) is 1. The Morgan fingerprint density at radius 3 is 2.68 bits per heavy atom. The average Bonchev–Trinajstić information content (AvgIpc) is 2.84. The number of hydrogen-bond donors (Lipinski definition) is 1. The van der Waals surface area contributed by atoms with E-state index in [0.29, 0.717) is 24.1 Å². The van der Waals surface area contributed by atoms with E-state index in [1.807, 2.05) is 0 Å². The van der Waals surface area contributed by atoms with Crippen LogP contribution in [-0.4, -0.2) is 54.8 Å². The SMILES string of the molecule is O=C(c1cnccn1)N1CCCC[C@H]1c1nc2c(c(=O)[nH]1)CCN(C1CCCCC1)C2. The smallest absolute Gasteiger partial charge is 0.274 e. The highest BCUT2D eigenvalue weighted by molar-refractivity contribution is 5.92. The van der Waals surface area contributed by atoms with Crippen molar-refractivity contribution in [2.75, 3.05) is 13.1 Å². The van der Waals surface area contributed by atoms with Crippen LogP contribution in [0.1, 0.15) is 85.0 Å². The monoisotopic (exact) mass is 422 g/mol. The third kappa shape index (κ3) is 4.13. The highest BCUT2D eigenvalue weighted by Crippen LogP contribution is 2.31. The van der Waals surface area contributed by atoms with Gasteiger partial charge in [-0.1, -0.05) is 19.3 Å². The second kappa shape index (κ2) is 8.86. The largest absolute Gasteiger partial charge is 0.327 e. The normalized spacial score (nSPS) is 22.8. The number of rotatable bonds is 3. The van der Waals surface area contributed by atoms with Gasteiger partial charge in [0, 0.05) is 43.6 Å². The van der Waals surface area contributed by atoms with E-state index in [1.54, 1.807) is 11.1 Å². The number of aromatic nitrogens is 4. The van der Waals surface area contributed by atoms with Crippen LogP contribution in [0.4, 0.5) is 0 Å². The lowest BCUT2D eigenvalue weighted by molar-refractivity contribution is 0.0591. The molecule has 1 N–H and O–H groups in total. The summed E-state index contributed by atoms with van der Waals surface area (Å²) < 4.78 is 0. The molecule has 0 spiro atoms. The number of amides is 1. The van der Waals surface area contributed by atoms with Gasteiger partial charge < -0.3 is 9.88 Å². The minimum Gasteiger partial charge on any atom is -0.327 e. The van der Waals surface area contributed by atoms with Gasteiger partial charge in [0.1, 0.15) is 11.5 Å². The predicted molar refractivity (Wildman–Crippen MR) is 116 cm³/mol. The Hall–Kier alpha value is -2.61. The maximum Gasteiger partial charge on any atom is 0.274 e. The molecule has 2 aromatic rings. The van der Waals surface area contributed by atoms with E-state index in [-0.39, 0.29) is 17.5 Å². The minimum atomic E-state index is -0.230. The molecule has 164 valence electrons. The van der Waals surface area contributed by atoms with Gasteiger partial charge in [0.15, 0.2) is 0 Å². The standard InChI is InChI=1S/C23H30N6O2/c30-22-17-9-13-28(16-6-2-1-3-7-16)15-19(17)26-21(27-22)20-8-4-5-12-29(20)23(31)18-14-24-10-11-25-18/h10-11,14,16,20H,1-9,12-13,15H2,(H,26,27,30)/t20-/m0/s1. The van der Waals surface area contributed by atoms with Crippen LogP contribution in [0.2, 0.25) is 0 Å². The van der Waals surface area contributed by atoms with Crippen molar-refractivity contribution >= 4 is 5.91 Å². The maximum absolute atomic E-state index is 13.1. The first-order valence-corrected chi connectivity index (χ1v) is 11.6. The van der Waals surface area contributed by atoms with Gasteiger partial charge in [-0.05, 0) is 38.5 Å². The van der Waals surface area contributed by atoms with E-state index in [4.69, 9.17) is 4.98 Å². The minimum absolute atomic E-state index is 0.0410. The fraction of sp³-hybridized carbons (Fsp3) is 0.609. The van der Waals surface area contributed by atoms with Crippen molar-refractivity contribution in [1.29, 1.82) is 0 Å². The van der Waals surface area contributed by atoms with Crippen LogP contribution in [0.15, 0.2) is 23.4 Å². The number of nitrogens with zero attached hydrogens (tertiary/aromatic N) is 5. The van der Waals surface area contributed by atoms with Gasteiger partial charge in [-0.3, -0.25) is 19.5 Å². The summed E-state index contributed by atoms with van der Waals surface area (Å²) in [5.74, 6) is 0.466. The van der Waals surface area contributed by atoms with Crippen molar-refractivity contribution in [1.82, 2.24) is 29.7 Å². The Bertz CT molecular complexity index is 985. The first kappa shape index (κ1) is 20.3. The van der Waals surface area contributed by atoms with Crippen LogP contribution in [0.3, 0.4) is 0 Å². The number of fused-ring (bicyclic) bond motifs is 1. The maximum atomic E-state index is 13.1. The summed E-state index contributed by atoms with van der Waals surface area (Å²) >= 11 is 0. The fourth-order valence-electron chi connectivity index (χ4n) is 5.41. The number of carbonyl (C=O) groups is 1. The van der Waals surface area contributed by atoms with E-state index in [9.17, 15) is 9.59 Å². The summed E-state index contributed by atoms with van der Waals surface area (Å²) in [4.78, 5) is 46.5. The van der Waals surface area contributed by atoms with E-state index in [2.05, 4.69) is 19.9 Å². The zero-order chi connectivity index (χ0) is 21.2. The highest BCUT2D eigenvalue weighted by Gasteiger charge is 2.33. The number of piperidine rings is 1. The number of hydrogen-bond acceptors (Lipinski definition) is 6. The van der Waals surface area contributed by atoms with E-state index in [1.165, 1.54) is 44.5 Å². The van der Waals surface area contributed by atoms with E-state index >= 15 is 0 Å². The van der Waals surface area contributed by atoms with Gasteiger partial charge in [0.05, 0.1) is 17.9 Å². The van der Waals surface area contributed by atoms with Crippen LogP contribution in [0, 0.1) is 0 Å². The lowest BCUT2D eigenvalue weighted by Crippen LogP contribution is -2.44. The van der Waals surface area contributed by atoms with Gasteiger partial charge in [-0.2, -0.15) is 0 Å². The van der Waals surface area contributed by atoms with Crippen LogP contribution < -0.4 is 5.56 Å². The molecule has 1 saturated heterocycles. The molecule has 2 fully saturated rings. The third-order valence-electron chi connectivity index (χ3n) is 7.07. The summed E-state index contributed by atoms with van der Waals surface area (Å²) in [6, 6.07) is 0.377. The van der Waals surface area contributed by atoms with Crippen molar-refractivity contribution in [3.63, 3.8) is 0 Å². The summed E-state index contributed by atoms with van der Waals surface area (Å²) in [5, 5.41) is 0. The van der Waals surface area contributed by atoms with E-state index in [0.717, 1.165) is 50.0 Å². The number of likely N-dealkylation sites (tertiary alicyclic amines) is 1. The van der Waals surface area contributed by atoms with Crippen molar-refractivity contribution in [3.8, 4) is 0 Å². The average molecular weight is 423 g/mol. The Labute approximate surface area is 182 Å². The topological polar surface area (TPSA) is 95.1 Å². The lowest BCUT2D eigenvalue weighted by Gasteiger charge is -2.38. The molecule has 4 heterocycles. The predicted octanol–water partition coefficient (Wildman–Crippen LogP) is 2.62. The Morgan fingerprint density at radius 1 is 1.03 bits per heavy atom. The summed E-state index contributed by atoms with van der Waals surface area (Å²) in [7, 11) is 0. The zero-order valence-electron chi connectivity index (χ0n) is 17.9. The van der Waals surface area contributed by atoms with Crippen LogP contribution >= 0.6 is 0 Å². The van der Waals surface area contributed by atoms with Crippen molar-refractivity contribution in [2.45, 2.75) is 76.4 Å². The number of aromatic amines is 1. The molecular weight excluding hydrogens is 392 g/mol. The van der Waals surface area contributed by atoms with Crippen molar-refractivity contribution in [2.24, 2.45) is 0 Å². The molecule has 2 aliphatic heterocycles. The Balaban J connectivity index is 1.42. The lowest BCUT2D eigenvalue weighted by atomic mass is 9.92. The fourth-order valence-corrected chi connectivity index (χ4v) is 5.41. The molecular formula is C23H30N6O2. The summed E-state index contributed by atoms with van der Waals surface area (Å²) in [6.07, 6.45) is 14.5. The number of H-pyrrole nitrogens is 1. The van der Waals surface area contributed by atoms with Gasteiger partial charge >= 0.3 is 0 Å². The molecule has 3 aliphatic rings. The van der Waals surface area contributed by atoms with Gasteiger partial charge in [-0.15, -0.1) is 0 Å². The van der Waals surface area contributed by atoms with Crippen molar-refractivity contribution in [3.05, 3.63) is 51.7 Å². The molecule has 1 aliphatic carbocycles. The second-order valence-corrected chi connectivity index (χ2v) is 8.99. The van der Waals surface area contributed by atoms with Crippen LogP contribution in [0.5, 0.6) is 0 Å². The molecule has 0 bridgehead atoms. The first-order chi connectivity index (χ1) is 15.2. The van der Waals surface area contributed by atoms with Crippen LogP contribution in [-0.2, 0) is 13.0 Å². The molecule has 8 heteroatoms. The zero-order valence-corrected chi connectivity index (χ0v) is 17.9. The molecule has 31 heavy (non-hydrogen) atoms.